The Labute approximate surface area is 128 Å². The summed E-state index contributed by atoms with van der Waals surface area (Å²) in [4.78, 5) is 0.0487. The van der Waals surface area contributed by atoms with Crippen LogP contribution in [0.15, 0.2) is 4.90 Å². The third-order valence-electron chi connectivity index (χ3n) is 4.22. The van der Waals surface area contributed by atoms with Crippen LogP contribution in [0.25, 0.3) is 0 Å². The lowest BCUT2D eigenvalue weighted by molar-refractivity contribution is 0.403. The second kappa shape index (κ2) is 5.50. The molecule has 4 nitrogen and oxygen atoms in total. The first-order valence-electron chi connectivity index (χ1n) is 7.21. The molecule has 0 unspecified atom stereocenters. The van der Waals surface area contributed by atoms with Crippen molar-refractivity contribution in [2.75, 3.05) is 0 Å². The van der Waals surface area contributed by atoms with E-state index in [0.717, 1.165) is 38.5 Å². The van der Waals surface area contributed by atoms with Crippen molar-refractivity contribution in [3.8, 4) is 0 Å². The number of hydrogen-bond donors (Lipinski definition) is 0. The van der Waals surface area contributed by atoms with Crippen LogP contribution in [0, 0.1) is 0 Å². The fraction of sp³-hybridized carbons (Fsp3) is 0.769. The van der Waals surface area contributed by atoms with Crippen molar-refractivity contribution in [2.24, 2.45) is 0 Å². The van der Waals surface area contributed by atoms with Crippen molar-refractivity contribution in [1.29, 1.82) is 0 Å². The third-order valence-corrected chi connectivity index (χ3v) is 6.04. The predicted molar refractivity (Wildman–Crippen MR) is 79.0 cm³/mol. The van der Waals surface area contributed by atoms with Crippen molar-refractivity contribution < 1.29 is 8.42 Å². The maximum absolute atomic E-state index is 11.8. The maximum atomic E-state index is 11.8. The maximum Gasteiger partial charge on any atom is 0.266 e. The lowest BCUT2D eigenvalue weighted by atomic mass is 10.1. The highest BCUT2D eigenvalue weighted by Gasteiger charge is 2.37. The van der Waals surface area contributed by atoms with Crippen LogP contribution >= 0.6 is 22.3 Å². The number of nitrogens with zero attached hydrogens (tertiary/aromatic N) is 2. The van der Waals surface area contributed by atoms with Gasteiger partial charge in [-0.15, -0.1) is 0 Å². The smallest absolute Gasteiger partial charge is 0.249 e. The van der Waals surface area contributed by atoms with E-state index in [1.54, 1.807) is 4.68 Å². The van der Waals surface area contributed by atoms with Gasteiger partial charge in [0.2, 0.25) is 0 Å². The second-order valence-electron chi connectivity index (χ2n) is 5.81. The van der Waals surface area contributed by atoms with E-state index in [1.165, 1.54) is 12.8 Å². The van der Waals surface area contributed by atoms with Crippen LogP contribution in [0.2, 0.25) is 5.15 Å². The van der Waals surface area contributed by atoms with Crippen molar-refractivity contribution >= 4 is 31.3 Å². The molecule has 1 heterocycles. The first-order valence-corrected chi connectivity index (χ1v) is 9.90. The largest absolute Gasteiger partial charge is 0.266 e. The Morgan fingerprint density at radius 2 is 1.65 bits per heavy atom. The zero-order valence-corrected chi connectivity index (χ0v) is 13.5. The van der Waals surface area contributed by atoms with E-state index in [-0.39, 0.29) is 22.0 Å². The Hall–Kier alpha value is -0.260. The molecule has 20 heavy (non-hydrogen) atoms. The van der Waals surface area contributed by atoms with Gasteiger partial charge in [-0.3, -0.25) is 0 Å². The van der Waals surface area contributed by atoms with Gasteiger partial charge in [0.25, 0.3) is 9.05 Å². The SMILES string of the molecule is O=S(=O)(Cl)c1c(C2CC2)nn(C2CCCCCC2)c1Cl. The van der Waals surface area contributed by atoms with Crippen LogP contribution in [-0.2, 0) is 9.05 Å². The zero-order chi connectivity index (χ0) is 14.3. The Morgan fingerprint density at radius 3 is 2.15 bits per heavy atom. The Bertz CT molecular complexity index is 600. The van der Waals surface area contributed by atoms with Crippen LogP contribution in [0.4, 0.5) is 0 Å². The number of hydrogen-bond acceptors (Lipinski definition) is 3. The van der Waals surface area contributed by atoms with Gasteiger partial charge in [-0.05, 0) is 25.7 Å². The fourth-order valence-electron chi connectivity index (χ4n) is 3.01. The molecule has 0 saturated heterocycles. The van der Waals surface area contributed by atoms with Gasteiger partial charge in [-0.25, -0.2) is 13.1 Å². The highest BCUT2D eigenvalue weighted by Crippen LogP contribution is 2.46. The summed E-state index contributed by atoms with van der Waals surface area (Å²) < 4.78 is 25.3. The van der Waals surface area contributed by atoms with Gasteiger partial charge in [-0.2, -0.15) is 5.10 Å². The molecule has 0 aromatic carbocycles. The van der Waals surface area contributed by atoms with Gasteiger partial charge >= 0.3 is 0 Å². The van der Waals surface area contributed by atoms with Gasteiger partial charge in [-0.1, -0.05) is 37.3 Å². The van der Waals surface area contributed by atoms with Crippen molar-refractivity contribution in [3.05, 3.63) is 10.8 Å². The molecule has 7 heteroatoms. The van der Waals surface area contributed by atoms with Gasteiger partial charge in [0.15, 0.2) is 0 Å². The zero-order valence-electron chi connectivity index (χ0n) is 11.2. The first-order chi connectivity index (χ1) is 9.48. The summed E-state index contributed by atoms with van der Waals surface area (Å²) in [6, 6.07) is 0.203. The highest BCUT2D eigenvalue weighted by atomic mass is 35.7. The van der Waals surface area contributed by atoms with E-state index >= 15 is 0 Å². The molecule has 1 aromatic heterocycles. The summed E-state index contributed by atoms with van der Waals surface area (Å²) in [6.07, 6.45) is 8.69. The highest BCUT2D eigenvalue weighted by molar-refractivity contribution is 8.13. The van der Waals surface area contributed by atoms with Crippen molar-refractivity contribution in [3.63, 3.8) is 0 Å². The molecule has 2 aliphatic carbocycles. The van der Waals surface area contributed by atoms with Crippen molar-refractivity contribution in [1.82, 2.24) is 9.78 Å². The fourth-order valence-corrected chi connectivity index (χ4v) is 4.91. The Balaban J connectivity index is 2.03. The van der Waals surface area contributed by atoms with Gasteiger partial charge in [0.05, 0.1) is 11.7 Å². The predicted octanol–water partition coefficient (Wildman–Crippen LogP) is 4.24. The minimum Gasteiger partial charge on any atom is -0.249 e. The summed E-state index contributed by atoms with van der Waals surface area (Å²) in [5.74, 6) is 0.211. The van der Waals surface area contributed by atoms with Gasteiger partial charge < -0.3 is 0 Å². The monoisotopic (exact) mass is 336 g/mol. The van der Waals surface area contributed by atoms with Gasteiger partial charge in [0, 0.05) is 16.6 Å². The van der Waals surface area contributed by atoms with E-state index in [0.29, 0.717) is 5.69 Å². The molecule has 0 bridgehead atoms. The molecule has 0 amide bonds. The second-order valence-corrected chi connectivity index (χ2v) is 8.67. The lowest BCUT2D eigenvalue weighted by Gasteiger charge is -2.15. The summed E-state index contributed by atoms with van der Waals surface area (Å²) >= 11 is 6.31. The molecule has 3 rings (SSSR count). The molecule has 2 fully saturated rings. The molecule has 0 radical (unpaired) electrons. The molecule has 1 aromatic rings. The minimum absolute atomic E-state index is 0.0487. The molecular formula is C13H18Cl2N2O2S. The molecule has 0 N–H and O–H groups in total. The van der Waals surface area contributed by atoms with E-state index in [2.05, 4.69) is 5.10 Å². The van der Waals surface area contributed by atoms with Crippen LogP contribution < -0.4 is 0 Å². The van der Waals surface area contributed by atoms with Crippen LogP contribution in [0.5, 0.6) is 0 Å². The van der Waals surface area contributed by atoms with Gasteiger partial charge in [0.1, 0.15) is 10.0 Å². The molecular weight excluding hydrogens is 319 g/mol. The molecule has 112 valence electrons. The van der Waals surface area contributed by atoms with E-state index in [9.17, 15) is 8.42 Å². The van der Waals surface area contributed by atoms with Crippen LogP contribution in [-0.4, -0.2) is 18.2 Å². The summed E-state index contributed by atoms with van der Waals surface area (Å²) in [5.41, 5.74) is 0.578. The summed E-state index contributed by atoms with van der Waals surface area (Å²) in [6.45, 7) is 0. The first kappa shape index (κ1) is 14.7. The molecule has 2 saturated carbocycles. The number of rotatable bonds is 3. The average molecular weight is 337 g/mol. The molecule has 0 spiro atoms. The molecule has 0 aliphatic heterocycles. The topological polar surface area (TPSA) is 52.0 Å². The molecule has 0 atom stereocenters. The van der Waals surface area contributed by atoms with Crippen molar-refractivity contribution in [2.45, 2.75) is 68.2 Å². The summed E-state index contributed by atoms with van der Waals surface area (Å²) in [5, 5.41) is 4.73. The van der Waals surface area contributed by atoms with E-state index < -0.39 is 9.05 Å². The Kier molecular flexibility index (Phi) is 4.04. The van der Waals surface area contributed by atoms with Crippen LogP contribution in [0.1, 0.15) is 69.0 Å². The van der Waals surface area contributed by atoms with E-state index in [1.807, 2.05) is 0 Å². The minimum atomic E-state index is -3.84. The normalized spacial score (nSPS) is 21.9. The number of halogens is 2. The molecule has 2 aliphatic rings. The quantitative estimate of drug-likeness (QED) is 0.612. The average Bonchev–Trinajstić information content (AvgIpc) is 3.16. The van der Waals surface area contributed by atoms with E-state index in [4.69, 9.17) is 22.3 Å². The lowest BCUT2D eigenvalue weighted by Crippen LogP contribution is -2.10. The third kappa shape index (κ3) is 2.85. The van der Waals surface area contributed by atoms with Crippen LogP contribution in [0.3, 0.4) is 0 Å². The Morgan fingerprint density at radius 1 is 1.05 bits per heavy atom. The standard InChI is InChI=1S/C13H18Cl2N2O2S/c14-13-12(20(15,18)19)11(9-7-8-9)16-17(13)10-5-3-1-2-4-6-10/h9-10H,1-8H2. The number of aromatic nitrogens is 2. The summed E-state index contributed by atoms with van der Waals surface area (Å²) in [7, 11) is 1.72.